The molecule has 0 heterocycles. The first-order chi connectivity index (χ1) is 8.85. The molecule has 0 bridgehead atoms. The Bertz CT molecular complexity index is 713. The van der Waals surface area contributed by atoms with Crippen LogP contribution in [0.1, 0.15) is 18.1 Å². The van der Waals surface area contributed by atoms with Crippen LogP contribution in [-0.2, 0) is 13.0 Å². The topological polar surface area (TPSA) is 20.2 Å². The molecule has 0 aromatic heterocycles. The second kappa shape index (κ2) is 4.43. The second-order valence-electron chi connectivity index (χ2n) is 4.60. The number of benzene rings is 3. The number of rotatable bonds is 2. The Morgan fingerprint density at radius 1 is 0.944 bits per heavy atom. The normalized spacial score (nSPS) is 11.2. The lowest BCUT2D eigenvalue weighted by Crippen LogP contribution is -1.93. The lowest BCUT2D eigenvalue weighted by Gasteiger charge is -2.12. The van der Waals surface area contributed by atoms with Gasteiger partial charge in [0, 0.05) is 0 Å². The average molecular weight is 236 g/mol. The summed E-state index contributed by atoms with van der Waals surface area (Å²) in [7, 11) is 0. The van der Waals surface area contributed by atoms with Crippen molar-refractivity contribution in [3.63, 3.8) is 0 Å². The first kappa shape index (κ1) is 11.2. The summed E-state index contributed by atoms with van der Waals surface area (Å²) in [6.45, 7) is 2.25. The minimum Gasteiger partial charge on any atom is -0.392 e. The summed E-state index contributed by atoms with van der Waals surface area (Å²) in [5.41, 5.74) is 2.36. The molecule has 0 aliphatic rings. The number of hydrogen-bond acceptors (Lipinski definition) is 1. The van der Waals surface area contributed by atoms with Crippen LogP contribution in [0.2, 0.25) is 0 Å². The van der Waals surface area contributed by atoms with Crippen LogP contribution in [0.15, 0.2) is 48.5 Å². The van der Waals surface area contributed by atoms with Crippen LogP contribution in [0.25, 0.3) is 21.5 Å². The molecule has 3 aromatic carbocycles. The lowest BCUT2D eigenvalue weighted by molar-refractivity contribution is 0.285. The van der Waals surface area contributed by atoms with Crippen LogP contribution in [0, 0.1) is 0 Å². The van der Waals surface area contributed by atoms with Gasteiger partial charge in [-0.2, -0.15) is 0 Å². The Hall–Kier alpha value is -1.86. The lowest BCUT2D eigenvalue weighted by atomic mass is 9.93. The number of fused-ring (bicyclic) bond motifs is 2. The molecule has 1 N–H and O–H groups in total. The van der Waals surface area contributed by atoms with E-state index in [0.717, 1.165) is 17.4 Å². The monoisotopic (exact) mass is 236 g/mol. The van der Waals surface area contributed by atoms with Gasteiger partial charge < -0.3 is 5.11 Å². The Labute approximate surface area is 107 Å². The number of aliphatic hydroxyl groups excluding tert-OH is 1. The number of aliphatic hydroxyl groups is 1. The third-order valence-electron chi connectivity index (χ3n) is 3.62. The van der Waals surface area contributed by atoms with E-state index in [0.29, 0.717) is 0 Å². The Morgan fingerprint density at radius 2 is 1.72 bits per heavy atom. The van der Waals surface area contributed by atoms with Gasteiger partial charge in [-0.05, 0) is 45.2 Å². The van der Waals surface area contributed by atoms with Crippen molar-refractivity contribution in [1.82, 2.24) is 0 Å². The second-order valence-corrected chi connectivity index (χ2v) is 4.60. The minimum atomic E-state index is 0.0921. The molecule has 1 heteroatoms. The van der Waals surface area contributed by atoms with Crippen molar-refractivity contribution in [3.05, 3.63) is 59.7 Å². The highest BCUT2D eigenvalue weighted by atomic mass is 16.3. The van der Waals surface area contributed by atoms with Crippen LogP contribution in [0.5, 0.6) is 0 Å². The molecule has 90 valence electrons. The van der Waals surface area contributed by atoms with Crippen molar-refractivity contribution in [2.75, 3.05) is 0 Å². The molecule has 0 aliphatic heterocycles. The van der Waals surface area contributed by atoms with E-state index in [4.69, 9.17) is 0 Å². The molecule has 0 radical (unpaired) electrons. The van der Waals surface area contributed by atoms with Crippen molar-refractivity contribution in [3.8, 4) is 0 Å². The third-order valence-corrected chi connectivity index (χ3v) is 3.62. The molecule has 3 aromatic rings. The molecule has 0 saturated heterocycles. The van der Waals surface area contributed by atoms with Gasteiger partial charge in [0.25, 0.3) is 0 Å². The van der Waals surface area contributed by atoms with Crippen molar-refractivity contribution in [1.29, 1.82) is 0 Å². The van der Waals surface area contributed by atoms with E-state index in [1.807, 2.05) is 12.1 Å². The van der Waals surface area contributed by atoms with Crippen LogP contribution in [0.3, 0.4) is 0 Å². The van der Waals surface area contributed by atoms with E-state index in [1.165, 1.54) is 21.7 Å². The maximum absolute atomic E-state index is 9.75. The summed E-state index contributed by atoms with van der Waals surface area (Å²) >= 11 is 0. The van der Waals surface area contributed by atoms with Crippen LogP contribution >= 0.6 is 0 Å². The number of hydrogen-bond donors (Lipinski definition) is 1. The summed E-state index contributed by atoms with van der Waals surface area (Å²) in [5, 5.41) is 14.6. The summed E-state index contributed by atoms with van der Waals surface area (Å²) < 4.78 is 0. The van der Waals surface area contributed by atoms with Gasteiger partial charge in [-0.3, -0.25) is 0 Å². The Balaban J connectivity index is 2.55. The molecule has 18 heavy (non-hydrogen) atoms. The molecule has 3 rings (SSSR count). The van der Waals surface area contributed by atoms with Crippen molar-refractivity contribution < 1.29 is 5.11 Å². The highest BCUT2D eigenvalue weighted by Crippen LogP contribution is 2.31. The highest BCUT2D eigenvalue weighted by molar-refractivity contribution is 6.03. The van der Waals surface area contributed by atoms with Gasteiger partial charge >= 0.3 is 0 Å². The predicted octanol–water partition coefficient (Wildman–Crippen LogP) is 4.05. The summed E-state index contributed by atoms with van der Waals surface area (Å²) in [5.74, 6) is 0. The molecule has 0 fully saturated rings. The molecule has 0 atom stereocenters. The summed E-state index contributed by atoms with van der Waals surface area (Å²) in [6, 6.07) is 16.8. The van der Waals surface area contributed by atoms with Gasteiger partial charge in [-0.25, -0.2) is 0 Å². The fourth-order valence-corrected chi connectivity index (χ4v) is 2.77. The van der Waals surface area contributed by atoms with E-state index < -0.39 is 0 Å². The van der Waals surface area contributed by atoms with E-state index in [-0.39, 0.29) is 6.61 Å². The first-order valence-corrected chi connectivity index (χ1v) is 6.38. The zero-order chi connectivity index (χ0) is 12.5. The summed E-state index contributed by atoms with van der Waals surface area (Å²) in [6.07, 6.45) is 0.989. The Kier molecular flexibility index (Phi) is 2.77. The largest absolute Gasteiger partial charge is 0.392 e. The fraction of sp³-hybridized carbons (Fsp3) is 0.176. The summed E-state index contributed by atoms with van der Waals surface area (Å²) in [4.78, 5) is 0. The van der Waals surface area contributed by atoms with Gasteiger partial charge in [-0.15, -0.1) is 0 Å². The van der Waals surface area contributed by atoms with Gasteiger partial charge in [0.1, 0.15) is 0 Å². The average Bonchev–Trinajstić information content (AvgIpc) is 2.44. The molecule has 0 amide bonds. The van der Waals surface area contributed by atoms with Gasteiger partial charge in [-0.1, -0.05) is 49.4 Å². The van der Waals surface area contributed by atoms with Crippen LogP contribution in [-0.4, -0.2) is 5.11 Å². The molecule has 0 aliphatic carbocycles. The minimum absolute atomic E-state index is 0.0921. The van der Waals surface area contributed by atoms with E-state index in [2.05, 4.69) is 43.3 Å². The fourth-order valence-electron chi connectivity index (χ4n) is 2.77. The maximum Gasteiger partial charge on any atom is 0.0694 e. The quantitative estimate of drug-likeness (QED) is 0.665. The Morgan fingerprint density at radius 3 is 2.50 bits per heavy atom. The van der Waals surface area contributed by atoms with Gasteiger partial charge in [0.15, 0.2) is 0 Å². The number of aryl methyl sites for hydroxylation is 1. The van der Waals surface area contributed by atoms with Crippen LogP contribution < -0.4 is 0 Å². The van der Waals surface area contributed by atoms with E-state index in [9.17, 15) is 5.11 Å². The van der Waals surface area contributed by atoms with E-state index >= 15 is 0 Å². The smallest absolute Gasteiger partial charge is 0.0694 e. The SMILES string of the molecule is CCc1cccc2cc3ccccc3c(CO)c12. The zero-order valence-corrected chi connectivity index (χ0v) is 10.5. The predicted molar refractivity (Wildman–Crippen MR) is 76.8 cm³/mol. The van der Waals surface area contributed by atoms with Gasteiger partial charge in [0.05, 0.1) is 6.61 Å². The van der Waals surface area contributed by atoms with Crippen molar-refractivity contribution >= 4 is 21.5 Å². The maximum atomic E-state index is 9.75. The first-order valence-electron chi connectivity index (χ1n) is 6.38. The molecular weight excluding hydrogens is 220 g/mol. The third kappa shape index (κ3) is 1.59. The zero-order valence-electron chi connectivity index (χ0n) is 10.5. The van der Waals surface area contributed by atoms with Crippen LogP contribution in [0.4, 0.5) is 0 Å². The standard InChI is InChI=1S/C17H16O/c1-2-12-7-5-8-14-10-13-6-3-4-9-15(13)16(11-18)17(12)14/h3-10,18H,2,11H2,1H3. The van der Waals surface area contributed by atoms with Crippen molar-refractivity contribution in [2.24, 2.45) is 0 Å². The van der Waals surface area contributed by atoms with Gasteiger partial charge in [0.2, 0.25) is 0 Å². The van der Waals surface area contributed by atoms with Crippen molar-refractivity contribution in [2.45, 2.75) is 20.0 Å². The highest BCUT2D eigenvalue weighted by Gasteiger charge is 2.09. The molecular formula is C17H16O. The molecule has 0 saturated carbocycles. The van der Waals surface area contributed by atoms with E-state index in [1.54, 1.807) is 0 Å². The molecule has 0 spiro atoms. The molecule has 0 unspecified atom stereocenters. The molecule has 1 nitrogen and oxygen atoms in total.